The minimum absolute atomic E-state index is 0.0189. The number of carbonyl (C=O) groups is 2. The van der Waals surface area contributed by atoms with Gasteiger partial charge in [0.1, 0.15) is 12.3 Å². The highest BCUT2D eigenvalue weighted by atomic mass is 16.6. The zero-order chi connectivity index (χ0) is 14.7. The summed E-state index contributed by atoms with van der Waals surface area (Å²) in [5.41, 5.74) is 5.13. The van der Waals surface area contributed by atoms with Gasteiger partial charge in [0.2, 0.25) is 5.91 Å². The van der Waals surface area contributed by atoms with Crippen molar-refractivity contribution in [3.8, 4) is 0 Å². The minimum atomic E-state index is -0.686. The van der Waals surface area contributed by atoms with Gasteiger partial charge in [0.25, 0.3) is 5.69 Å². The molecule has 1 saturated heterocycles. The molecule has 1 fully saturated rings. The van der Waals surface area contributed by atoms with Crippen molar-refractivity contribution in [3.63, 3.8) is 0 Å². The van der Waals surface area contributed by atoms with Gasteiger partial charge in [0, 0.05) is 12.5 Å². The van der Waals surface area contributed by atoms with Gasteiger partial charge in [-0.15, -0.1) is 0 Å². The van der Waals surface area contributed by atoms with Crippen LogP contribution in [0, 0.1) is 10.1 Å². The Hall–Kier alpha value is -2.64. The Morgan fingerprint density at radius 3 is 2.90 bits per heavy atom. The van der Waals surface area contributed by atoms with Gasteiger partial charge in [-0.25, -0.2) is 4.79 Å². The van der Waals surface area contributed by atoms with E-state index in [0.29, 0.717) is 12.8 Å². The number of esters is 1. The first-order chi connectivity index (χ1) is 9.47. The zero-order valence-corrected chi connectivity index (χ0v) is 10.5. The van der Waals surface area contributed by atoms with E-state index in [1.807, 2.05) is 0 Å². The number of nitrogens with two attached hydrogens (primary N) is 1. The number of hydrogen-bond donors (Lipinski definition) is 2. The molecule has 1 amide bonds. The molecule has 1 atom stereocenters. The van der Waals surface area contributed by atoms with Gasteiger partial charge < -0.3 is 15.8 Å². The van der Waals surface area contributed by atoms with Crippen molar-refractivity contribution in [2.75, 3.05) is 12.3 Å². The number of nitro groups is 1. The SMILES string of the molecule is Nc1ccc(C(=O)OCC2CCC(=O)N2)cc1[N+](=O)[O-]. The predicted molar refractivity (Wildman–Crippen MR) is 69.0 cm³/mol. The van der Waals surface area contributed by atoms with E-state index in [0.717, 1.165) is 6.07 Å². The van der Waals surface area contributed by atoms with E-state index in [-0.39, 0.29) is 35.5 Å². The van der Waals surface area contributed by atoms with Gasteiger partial charge in [-0.05, 0) is 18.6 Å². The molecular weight excluding hydrogens is 266 g/mol. The fraction of sp³-hybridized carbons (Fsp3) is 0.333. The van der Waals surface area contributed by atoms with Crippen LogP contribution in [-0.2, 0) is 9.53 Å². The number of hydrogen-bond acceptors (Lipinski definition) is 6. The highest BCUT2D eigenvalue weighted by Gasteiger charge is 2.23. The average Bonchev–Trinajstić information content (AvgIpc) is 2.82. The normalized spacial score (nSPS) is 17.6. The van der Waals surface area contributed by atoms with Gasteiger partial charge in [-0.1, -0.05) is 0 Å². The molecule has 8 nitrogen and oxygen atoms in total. The second-order valence-electron chi connectivity index (χ2n) is 4.43. The van der Waals surface area contributed by atoms with Crippen LogP contribution in [0.4, 0.5) is 11.4 Å². The van der Waals surface area contributed by atoms with Gasteiger partial charge in [0.05, 0.1) is 16.5 Å². The summed E-state index contributed by atoms with van der Waals surface area (Å²) in [6, 6.07) is 3.52. The maximum atomic E-state index is 11.8. The van der Waals surface area contributed by atoms with Crippen molar-refractivity contribution in [3.05, 3.63) is 33.9 Å². The van der Waals surface area contributed by atoms with Crippen LogP contribution in [0.2, 0.25) is 0 Å². The lowest BCUT2D eigenvalue weighted by molar-refractivity contribution is -0.383. The van der Waals surface area contributed by atoms with Crippen molar-refractivity contribution in [1.29, 1.82) is 0 Å². The second-order valence-corrected chi connectivity index (χ2v) is 4.43. The Kier molecular flexibility index (Phi) is 3.83. The Morgan fingerprint density at radius 1 is 1.55 bits per heavy atom. The third-order valence-corrected chi connectivity index (χ3v) is 2.96. The number of rotatable bonds is 4. The molecule has 1 aromatic rings. The highest BCUT2D eigenvalue weighted by molar-refractivity contribution is 5.91. The van der Waals surface area contributed by atoms with E-state index in [4.69, 9.17) is 10.5 Å². The first-order valence-electron chi connectivity index (χ1n) is 5.98. The number of amides is 1. The molecule has 2 rings (SSSR count). The van der Waals surface area contributed by atoms with Crippen molar-refractivity contribution in [1.82, 2.24) is 5.32 Å². The van der Waals surface area contributed by atoms with Crippen molar-refractivity contribution < 1.29 is 19.2 Å². The molecule has 0 aromatic heterocycles. The summed E-state index contributed by atoms with van der Waals surface area (Å²) in [6.45, 7) is 0.0444. The summed E-state index contributed by atoms with van der Waals surface area (Å²) in [5.74, 6) is -0.761. The summed E-state index contributed by atoms with van der Waals surface area (Å²) < 4.78 is 5.02. The molecule has 0 saturated carbocycles. The Morgan fingerprint density at radius 2 is 2.30 bits per heavy atom. The fourth-order valence-corrected chi connectivity index (χ4v) is 1.89. The molecule has 1 aliphatic rings. The maximum absolute atomic E-state index is 11.8. The first-order valence-corrected chi connectivity index (χ1v) is 5.98. The predicted octanol–water partition coefficient (Wildman–Crippen LogP) is 0.612. The lowest BCUT2D eigenvalue weighted by Gasteiger charge is -2.10. The summed E-state index contributed by atoms with van der Waals surface area (Å²) in [6.07, 6.45) is 1.02. The fourth-order valence-electron chi connectivity index (χ4n) is 1.89. The van der Waals surface area contributed by atoms with E-state index >= 15 is 0 Å². The average molecular weight is 279 g/mol. The summed E-state index contributed by atoms with van der Waals surface area (Å²) in [4.78, 5) is 32.8. The molecular formula is C12H13N3O5. The van der Waals surface area contributed by atoms with Crippen LogP contribution < -0.4 is 11.1 Å². The number of carbonyl (C=O) groups excluding carboxylic acids is 2. The van der Waals surface area contributed by atoms with Crippen molar-refractivity contribution in [2.45, 2.75) is 18.9 Å². The summed E-state index contributed by atoms with van der Waals surface area (Å²) in [7, 11) is 0. The Balaban J connectivity index is 2.00. The molecule has 0 spiro atoms. The van der Waals surface area contributed by atoms with Crippen LogP contribution in [0.5, 0.6) is 0 Å². The number of benzene rings is 1. The zero-order valence-electron chi connectivity index (χ0n) is 10.5. The third kappa shape index (κ3) is 3.02. The van der Waals surface area contributed by atoms with Gasteiger partial charge in [-0.2, -0.15) is 0 Å². The molecule has 1 unspecified atom stereocenters. The molecule has 1 heterocycles. The summed E-state index contributed by atoms with van der Waals surface area (Å²) in [5, 5.41) is 13.4. The molecule has 20 heavy (non-hydrogen) atoms. The molecule has 3 N–H and O–H groups in total. The second kappa shape index (κ2) is 5.55. The van der Waals surface area contributed by atoms with E-state index in [9.17, 15) is 19.7 Å². The number of nitro benzene ring substituents is 1. The number of anilines is 1. The molecule has 8 heteroatoms. The summed E-state index contributed by atoms with van der Waals surface area (Å²) >= 11 is 0. The topological polar surface area (TPSA) is 125 Å². The Labute approximate surface area is 114 Å². The van der Waals surface area contributed by atoms with Crippen LogP contribution in [-0.4, -0.2) is 29.4 Å². The molecule has 0 aliphatic carbocycles. The minimum Gasteiger partial charge on any atom is -0.460 e. The van der Waals surface area contributed by atoms with Gasteiger partial charge in [0.15, 0.2) is 0 Å². The largest absolute Gasteiger partial charge is 0.460 e. The number of nitrogens with one attached hydrogen (secondary N) is 1. The molecule has 106 valence electrons. The molecule has 0 radical (unpaired) electrons. The van der Waals surface area contributed by atoms with Crippen molar-refractivity contribution in [2.24, 2.45) is 0 Å². The van der Waals surface area contributed by atoms with E-state index < -0.39 is 10.9 Å². The van der Waals surface area contributed by atoms with Crippen LogP contribution in [0.3, 0.4) is 0 Å². The third-order valence-electron chi connectivity index (χ3n) is 2.96. The molecule has 1 aliphatic heterocycles. The smallest absolute Gasteiger partial charge is 0.338 e. The van der Waals surface area contributed by atoms with Crippen molar-refractivity contribution >= 4 is 23.3 Å². The lowest BCUT2D eigenvalue weighted by atomic mass is 10.2. The molecule has 0 bridgehead atoms. The molecule has 1 aromatic carbocycles. The lowest BCUT2D eigenvalue weighted by Crippen LogP contribution is -2.30. The van der Waals surface area contributed by atoms with Crippen LogP contribution in [0.1, 0.15) is 23.2 Å². The van der Waals surface area contributed by atoms with E-state index in [1.165, 1.54) is 12.1 Å². The number of nitrogen functional groups attached to an aromatic ring is 1. The number of nitrogens with zero attached hydrogens (tertiary/aromatic N) is 1. The van der Waals surface area contributed by atoms with E-state index in [2.05, 4.69) is 5.32 Å². The quantitative estimate of drug-likeness (QED) is 0.360. The van der Waals surface area contributed by atoms with Gasteiger partial charge in [-0.3, -0.25) is 14.9 Å². The number of ether oxygens (including phenoxy) is 1. The van der Waals surface area contributed by atoms with Crippen LogP contribution in [0.15, 0.2) is 18.2 Å². The highest BCUT2D eigenvalue weighted by Crippen LogP contribution is 2.22. The first kappa shape index (κ1) is 13.8. The standard InChI is InChI=1S/C12H13N3O5/c13-9-3-1-7(5-10(9)15(18)19)12(17)20-6-8-2-4-11(16)14-8/h1,3,5,8H,2,4,6,13H2,(H,14,16). The Bertz CT molecular complexity index is 572. The van der Waals surface area contributed by atoms with Gasteiger partial charge >= 0.3 is 5.97 Å². The van der Waals surface area contributed by atoms with Crippen LogP contribution >= 0.6 is 0 Å². The van der Waals surface area contributed by atoms with E-state index in [1.54, 1.807) is 0 Å². The van der Waals surface area contributed by atoms with Crippen LogP contribution in [0.25, 0.3) is 0 Å². The maximum Gasteiger partial charge on any atom is 0.338 e. The monoisotopic (exact) mass is 279 g/mol.